The Morgan fingerprint density at radius 3 is 2.44 bits per heavy atom. The molecule has 0 atom stereocenters. The van der Waals surface area contributed by atoms with Gasteiger partial charge in [-0.3, -0.25) is 9.59 Å². The number of aromatic nitrogens is 3. The van der Waals surface area contributed by atoms with Crippen LogP contribution in [0.1, 0.15) is 61.4 Å². The molecule has 16 heteroatoms. The Hall–Kier alpha value is -3.75. The van der Waals surface area contributed by atoms with Gasteiger partial charge in [0.15, 0.2) is 12.3 Å². The molecule has 0 spiro atoms. The summed E-state index contributed by atoms with van der Waals surface area (Å²) in [5.74, 6) is -5.51. The second kappa shape index (κ2) is 12.9. The molecule has 5 rings (SSSR count). The predicted octanol–water partition coefficient (Wildman–Crippen LogP) is 6.60. The fraction of sp³-hybridized carbons (Fsp3) is 0.517. The molecule has 0 unspecified atom stereocenters. The topological polar surface area (TPSA) is 121 Å². The van der Waals surface area contributed by atoms with E-state index in [9.17, 15) is 35.9 Å². The maximum Gasteiger partial charge on any atom is 0.272 e. The van der Waals surface area contributed by atoms with E-state index in [2.05, 4.69) is 30.9 Å². The van der Waals surface area contributed by atoms with Crippen molar-refractivity contribution in [3.63, 3.8) is 0 Å². The Morgan fingerprint density at radius 2 is 1.82 bits per heavy atom. The summed E-state index contributed by atoms with van der Waals surface area (Å²) in [5.41, 5.74) is -0.645. The van der Waals surface area contributed by atoms with Crippen molar-refractivity contribution >= 4 is 46.2 Å². The minimum atomic E-state index is -3.14. The number of hydrogen-bond acceptors (Lipinski definition) is 6. The monoisotopic (exact) mass is 660 g/mol. The summed E-state index contributed by atoms with van der Waals surface area (Å²) in [6.45, 7) is -0.319. The van der Waals surface area contributed by atoms with Crippen LogP contribution in [0.4, 0.5) is 38.0 Å². The van der Waals surface area contributed by atoms with Crippen molar-refractivity contribution in [1.82, 2.24) is 25.6 Å². The predicted molar refractivity (Wildman–Crippen MR) is 153 cm³/mol. The number of ether oxygens (including phenoxy) is 1. The number of pyridine rings is 1. The molecule has 244 valence electrons. The van der Waals surface area contributed by atoms with E-state index in [1.165, 1.54) is 6.07 Å². The molecular weight excluding hydrogens is 630 g/mol. The van der Waals surface area contributed by atoms with Crippen molar-refractivity contribution in [2.45, 2.75) is 76.8 Å². The van der Waals surface area contributed by atoms with Gasteiger partial charge in [0.2, 0.25) is 24.2 Å². The summed E-state index contributed by atoms with van der Waals surface area (Å²) >= 11 is 6.34. The van der Waals surface area contributed by atoms with Crippen molar-refractivity contribution in [2.75, 3.05) is 11.9 Å². The molecule has 1 aromatic carbocycles. The summed E-state index contributed by atoms with van der Waals surface area (Å²) < 4.78 is 84.9. The molecule has 0 aliphatic heterocycles. The lowest BCUT2D eigenvalue weighted by Crippen LogP contribution is -2.41. The Morgan fingerprint density at radius 1 is 1.11 bits per heavy atom. The highest BCUT2D eigenvalue weighted by Crippen LogP contribution is 2.56. The lowest BCUT2D eigenvalue weighted by atomic mass is 9.86. The largest absolute Gasteiger partial charge is 0.471 e. The zero-order valence-corrected chi connectivity index (χ0v) is 24.8. The number of nitrogens with one attached hydrogen (secondary N) is 4. The molecular formula is C29H31ClF6N6O3. The Kier molecular flexibility index (Phi) is 9.38. The first kappa shape index (κ1) is 32.6. The number of benzene rings is 1. The number of imidazole rings is 1. The van der Waals surface area contributed by atoms with Crippen LogP contribution in [0.5, 0.6) is 5.88 Å². The molecule has 0 radical (unpaired) electrons. The number of carbonyl (C=O) groups excluding carboxylic acids is 2. The summed E-state index contributed by atoms with van der Waals surface area (Å²) in [6, 6.07) is 5.71. The van der Waals surface area contributed by atoms with E-state index < -0.39 is 48.5 Å². The zero-order valence-electron chi connectivity index (χ0n) is 24.0. The molecule has 2 amide bonds. The molecule has 0 saturated heterocycles. The van der Waals surface area contributed by atoms with Gasteiger partial charge in [-0.2, -0.15) is 9.97 Å². The van der Waals surface area contributed by atoms with Crippen LogP contribution >= 0.6 is 11.6 Å². The molecule has 2 fully saturated rings. The highest BCUT2D eigenvalue weighted by molar-refractivity contribution is 6.33. The fourth-order valence-corrected chi connectivity index (χ4v) is 5.59. The van der Waals surface area contributed by atoms with E-state index in [1.807, 2.05) is 0 Å². The summed E-state index contributed by atoms with van der Waals surface area (Å²) in [5, 5.41) is 8.54. The van der Waals surface area contributed by atoms with Gasteiger partial charge in [0.25, 0.3) is 18.3 Å². The second-order valence-corrected chi connectivity index (χ2v) is 11.9. The highest BCUT2D eigenvalue weighted by Gasteiger charge is 2.64. The van der Waals surface area contributed by atoms with E-state index in [-0.39, 0.29) is 71.8 Å². The van der Waals surface area contributed by atoms with Crippen molar-refractivity contribution in [2.24, 2.45) is 11.3 Å². The van der Waals surface area contributed by atoms with Crippen LogP contribution in [-0.2, 0) is 11.3 Å². The van der Waals surface area contributed by atoms with E-state index in [0.717, 1.165) is 6.92 Å². The molecule has 2 heterocycles. The molecule has 2 aliphatic rings. The first-order valence-corrected chi connectivity index (χ1v) is 14.8. The van der Waals surface area contributed by atoms with Gasteiger partial charge in [-0.1, -0.05) is 17.7 Å². The molecule has 2 saturated carbocycles. The summed E-state index contributed by atoms with van der Waals surface area (Å²) in [4.78, 5) is 37.0. The van der Waals surface area contributed by atoms with Crippen molar-refractivity contribution < 1.29 is 40.7 Å². The van der Waals surface area contributed by atoms with Crippen LogP contribution < -0.4 is 20.7 Å². The van der Waals surface area contributed by atoms with Crippen molar-refractivity contribution in [3.8, 4) is 5.88 Å². The SMILES string of the molecule is CC(F)(F)C1(C(=O)NCc2ccc(Cl)c(Nc3nc4nc(OCC(F)F)c(C(=O)N[C@H]5CC[C@H](C(F)F)CC5)cc4[nH]3)c2)CC1. The molecule has 9 nitrogen and oxygen atoms in total. The minimum absolute atomic E-state index is 0.0305. The second-order valence-electron chi connectivity index (χ2n) is 11.5. The number of alkyl halides is 6. The number of carbonyl (C=O) groups is 2. The smallest absolute Gasteiger partial charge is 0.272 e. The average molecular weight is 661 g/mol. The number of anilines is 2. The quantitative estimate of drug-likeness (QED) is 0.162. The lowest BCUT2D eigenvalue weighted by Gasteiger charge is -2.28. The molecule has 2 aliphatic carbocycles. The number of halogens is 7. The third-order valence-corrected chi connectivity index (χ3v) is 8.58. The molecule has 0 bridgehead atoms. The van der Waals surface area contributed by atoms with Crippen molar-refractivity contribution in [3.05, 3.63) is 40.4 Å². The van der Waals surface area contributed by atoms with E-state index in [0.29, 0.717) is 24.1 Å². The Bertz CT molecular complexity index is 1550. The average Bonchev–Trinajstić information content (AvgIpc) is 3.72. The van der Waals surface area contributed by atoms with Crippen LogP contribution in [-0.4, -0.2) is 58.2 Å². The number of amides is 2. The van der Waals surface area contributed by atoms with E-state index in [4.69, 9.17) is 16.3 Å². The number of fused-ring (bicyclic) bond motifs is 1. The summed E-state index contributed by atoms with van der Waals surface area (Å²) in [7, 11) is 0. The molecule has 4 N–H and O–H groups in total. The minimum Gasteiger partial charge on any atom is -0.471 e. The highest BCUT2D eigenvalue weighted by atomic mass is 35.5. The van der Waals surface area contributed by atoms with Gasteiger partial charge < -0.3 is 25.7 Å². The number of hydrogen-bond donors (Lipinski definition) is 4. The number of nitrogens with zero attached hydrogens (tertiary/aromatic N) is 2. The molecule has 3 aromatic rings. The Labute approximate surface area is 258 Å². The van der Waals surface area contributed by atoms with Gasteiger partial charge in [-0.15, -0.1) is 0 Å². The van der Waals surface area contributed by atoms with Crippen LogP contribution in [0.3, 0.4) is 0 Å². The van der Waals surface area contributed by atoms with Gasteiger partial charge in [0.1, 0.15) is 11.0 Å². The normalized spacial score (nSPS) is 19.5. The number of aromatic amines is 1. The van der Waals surface area contributed by atoms with Gasteiger partial charge >= 0.3 is 0 Å². The van der Waals surface area contributed by atoms with Gasteiger partial charge in [-0.05, 0) is 62.3 Å². The summed E-state index contributed by atoms with van der Waals surface area (Å²) in [6.07, 6.45) is -3.88. The van der Waals surface area contributed by atoms with Crippen LogP contribution in [0.2, 0.25) is 5.02 Å². The first-order valence-electron chi connectivity index (χ1n) is 14.4. The van der Waals surface area contributed by atoms with E-state index in [1.54, 1.807) is 18.2 Å². The van der Waals surface area contributed by atoms with Gasteiger partial charge in [-0.25, -0.2) is 26.3 Å². The van der Waals surface area contributed by atoms with Crippen LogP contribution in [0.25, 0.3) is 11.2 Å². The van der Waals surface area contributed by atoms with E-state index >= 15 is 0 Å². The van der Waals surface area contributed by atoms with Crippen molar-refractivity contribution in [1.29, 1.82) is 0 Å². The van der Waals surface area contributed by atoms with Gasteiger partial charge in [0.05, 0.1) is 16.2 Å². The fourth-order valence-electron chi connectivity index (χ4n) is 5.43. The maximum absolute atomic E-state index is 13.9. The zero-order chi connectivity index (χ0) is 32.5. The standard InChI is InChI=1S/C29H31ClF6N6O3/c1-28(35,36)29(8-9-29)26(44)37-12-14-2-7-18(30)19(10-14)39-27-40-20-11-17(25(41-23(20)42-27)45-13-21(31)32)24(43)38-16-5-3-15(4-6-16)22(33)34/h2,7,10-11,15-16,21-22H,3-6,8-9,12-13H2,1H3,(H,37,44)(H,38,43)(H2,39,40,41,42)/t15-,16-. The maximum atomic E-state index is 13.9. The molecule has 2 aromatic heterocycles. The number of rotatable bonds is 12. The lowest BCUT2D eigenvalue weighted by molar-refractivity contribution is -0.141. The van der Waals surface area contributed by atoms with Crippen LogP contribution in [0, 0.1) is 11.3 Å². The Balaban J connectivity index is 1.31. The first-order chi connectivity index (χ1) is 21.3. The molecule has 45 heavy (non-hydrogen) atoms. The van der Waals surface area contributed by atoms with Crippen LogP contribution in [0.15, 0.2) is 24.3 Å². The van der Waals surface area contributed by atoms with Gasteiger partial charge in [0, 0.05) is 25.4 Å². The third kappa shape index (κ3) is 7.39. The third-order valence-electron chi connectivity index (χ3n) is 8.25. The number of H-pyrrole nitrogens is 1.